The van der Waals surface area contributed by atoms with Crippen molar-refractivity contribution >= 4 is 34.5 Å². The van der Waals surface area contributed by atoms with Gasteiger partial charge in [0, 0.05) is 37.6 Å². The van der Waals surface area contributed by atoms with Crippen LogP contribution in [0.5, 0.6) is 0 Å². The second-order valence-corrected chi connectivity index (χ2v) is 7.45. The number of thioether (sulfide) groups is 1. The standard InChI is InChI=1S/C19H18N4O2S/c1-23(2)13-5-3-12(4-6-13)18(24)22-17-8-7-16(26-17)19-21-14-11-20-10-9-15(14)25-19/h3-6,8-11,16H,7H2,1-2H3,(H,22,24). The van der Waals surface area contributed by atoms with Crippen LogP contribution in [-0.2, 0) is 0 Å². The van der Waals surface area contributed by atoms with Crippen LogP contribution in [0.15, 0.2) is 58.2 Å². The number of carbonyl (C=O) groups excluding carboxylic acids is 1. The summed E-state index contributed by atoms with van der Waals surface area (Å²) in [6, 6.07) is 9.33. The molecule has 1 unspecified atom stereocenters. The number of oxazole rings is 1. The maximum Gasteiger partial charge on any atom is 0.256 e. The summed E-state index contributed by atoms with van der Waals surface area (Å²) in [6.45, 7) is 0. The molecular formula is C19H18N4O2S. The van der Waals surface area contributed by atoms with Gasteiger partial charge in [-0.2, -0.15) is 0 Å². The average Bonchev–Trinajstić information content (AvgIpc) is 3.28. The number of nitrogens with zero attached hydrogens (tertiary/aromatic N) is 3. The molecule has 0 spiro atoms. The lowest BCUT2D eigenvalue weighted by atomic mass is 10.2. The van der Waals surface area contributed by atoms with Crippen LogP contribution in [0, 0.1) is 0 Å². The van der Waals surface area contributed by atoms with Crippen LogP contribution in [0.3, 0.4) is 0 Å². The minimum Gasteiger partial charge on any atom is -0.439 e. The molecule has 4 rings (SSSR count). The average molecular weight is 366 g/mol. The van der Waals surface area contributed by atoms with E-state index in [1.54, 1.807) is 30.2 Å². The summed E-state index contributed by atoms with van der Waals surface area (Å²) < 4.78 is 5.80. The van der Waals surface area contributed by atoms with Crippen molar-refractivity contribution in [1.82, 2.24) is 15.3 Å². The highest BCUT2D eigenvalue weighted by molar-refractivity contribution is 8.03. The van der Waals surface area contributed by atoms with Crippen LogP contribution in [0.25, 0.3) is 11.1 Å². The van der Waals surface area contributed by atoms with Crippen molar-refractivity contribution in [2.24, 2.45) is 0 Å². The minimum absolute atomic E-state index is 0.0637. The highest BCUT2D eigenvalue weighted by atomic mass is 32.2. The number of allylic oxidation sites excluding steroid dienone is 1. The molecule has 0 radical (unpaired) electrons. The van der Waals surface area contributed by atoms with Gasteiger partial charge in [-0.15, -0.1) is 0 Å². The Morgan fingerprint density at radius 2 is 2.08 bits per heavy atom. The number of amides is 1. The van der Waals surface area contributed by atoms with Crippen LogP contribution in [0.2, 0.25) is 0 Å². The van der Waals surface area contributed by atoms with Crippen molar-refractivity contribution in [2.75, 3.05) is 19.0 Å². The van der Waals surface area contributed by atoms with E-state index in [1.807, 2.05) is 49.3 Å². The van der Waals surface area contributed by atoms with Gasteiger partial charge < -0.3 is 14.6 Å². The molecule has 3 heterocycles. The van der Waals surface area contributed by atoms with E-state index in [0.29, 0.717) is 11.5 Å². The number of hydrogen-bond acceptors (Lipinski definition) is 6. The van der Waals surface area contributed by atoms with Gasteiger partial charge in [0.2, 0.25) is 5.89 Å². The fourth-order valence-corrected chi connectivity index (χ4v) is 3.77. The number of hydrogen-bond donors (Lipinski definition) is 1. The molecule has 26 heavy (non-hydrogen) atoms. The molecule has 7 heteroatoms. The van der Waals surface area contributed by atoms with Crippen LogP contribution in [-0.4, -0.2) is 30.0 Å². The molecule has 0 saturated carbocycles. The first-order valence-electron chi connectivity index (χ1n) is 8.26. The molecule has 1 aromatic carbocycles. The molecule has 0 aliphatic carbocycles. The van der Waals surface area contributed by atoms with Crippen molar-refractivity contribution in [1.29, 1.82) is 0 Å². The molecule has 2 aromatic heterocycles. The summed E-state index contributed by atoms with van der Waals surface area (Å²) in [7, 11) is 3.94. The van der Waals surface area contributed by atoms with Crippen molar-refractivity contribution in [3.63, 3.8) is 0 Å². The lowest BCUT2D eigenvalue weighted by Gasteiger charge is -2.13. The van der Waals surface area contributed by atoms with Gasteiger partial charge in [0.05, 0.1) is 16.5 Å². The molecule has 3 aromatic rings. The van der Waals surface area contributed by atoms with Gasteiger partial charge in [-0.1, -0.05) is 17.8 Å². The smallest absolute Gasteiger partial charge is 0.256 e. The third-order valence-corrected chi connectivity index (χ3v) is 5.35. The van der Waals surface area contributed by atoms with Crippen molar-refractivity contribution in [3.05, 3.63) is 65.3 Å². The third kappa shape index (κ3) is 3.30. The monoisotopic (exact) mass is 366 g/mol. The van der Waals surface area contributed by atoms with Crippen LogP contribution in [0.4, 0.5) is 5.69 Å². The quantitative estimate of drug-likeness (QED) is 0.758. The largest absolute Gasteiger partial charge is 0.439 e. The van der Waals surface area contributed by atoms with Gasteiger partial charge in [0.25, 0.3) is 5.91 Å². The topological polar surface area (TPSA) is 71.3 Å². The van der Waals surface area contributed by atoms with Crippen LogP contribution in [0.1, 0.15) is 27.9 Å². The van der Waals surface area contributed by atoms with E-state index in [4.69, 9.17) is 4.42 Å². The molecule has 1 N–H and O–H groups in total. The van der Waals surface area contributed by atoms with Gasteiger partial charge in [-0.25, -0.2) is 4.98 Å². The maximum absolute atomic E-state index is 12.4. The Kier molecular flexibility index (Phi) is 4.38. The summed E-state index contributed by atoms with van der Waals surface area (Å²) in [4.78, 5) is 23.0. The zero-order valence-electron chi connectivity index (χ0n) is 14.5. The second kappa shape index (κ2) is 6.84. The van der Waals surface area contributed by atoms with Gasteiger partial charge in [0.1, 0.15) is 5.52 Å². The zero-order chi connectivity index (χ0) is 18.1. The van der Waals surface area contributed by atoms with E-state index in [2.05, 4.69) is 15.3 Å². The molecule has 1 aliphatic heterocycles. The summed E-state index contributed by atoms with van der Waals surface area (Å²) in [5.41, 5.74) is 3.17. The van der Waals surface area contributed by atoms with E-state index in [-0.39, 0.29) is 11.2 Å². The summed E-state index contributed by atoms with van der Waals surface area (Å²) in [5.74, 6) is 0.547. The Bertz CT molecular complexity index is 946. The van der Waals surface area contributed by atoms with Gasteiger partial charge in [-0.05, 0) is 30.7 Å². The van der Waals surface area contributed by atoms with E-state index in [1.165, 1.54) is 0 Å². The molecule has 1 amide bonds. The van der Waals surface area contributed by atoms with Crippen LogP contribution >= 0.6 is 11.8 Å². The van der Waals surface area contributed by atoms with Gasteiger partial charge in [-0.3, -0.25) is 9.78 Å². The van der Waals surface area contributed by atoms with E-state index >= 15 is 0 Å². The number of anilines is 1. The summed E-state index contributed by atoms with van der Waals surface area (Å²) in [5, 5.41) is 3.86. The number of rotatable bonds is 4. The van der Waals surface area contributed by atoms with Crippen molar-refractivity contribution in [3.8, 4) is 0 Å². The first-order chi connectivity index (χ1) is 12.6. The molecule has 1 atom stereocenters. The molecule has 0 bridgehead atoms. The maximum atomic E-state index is 12.4. The number of nitrogens with one attached hydrogen (secondary N) is 1. The predicted molar refractivity (Wildman–Crippen MR) is 103 cm³/mol. The second-order valence-electron chi connectivity index (χ2n) is 6.20. The molecule has 0 fully saturated rings. The normalized spacial score (nSPS) is 16.5. The van der Waals surface area contributed by atoms with Crippen molar-refractivity contribution < 1.29 is 9.21 Å². The van der Waals surface area contributed by atoms with E-state index in [0.717, 1.165) is 28.2 Å². The van der Waals surface area contributed by atoms with Gasteiger partial charge in [0.15, 0.2) is 5.58 Å². The summed E-state index contributed by atoms with van der Waals surface area (Å²) >= 11 is 1.55. The number of carbonyl (C=O) groups is 1. The number of aromatic nitrogens is 2. The Hall–Kier alpha value is -2.80. The third-order valence-electron chi connectivity index (χ3n) is 4.15. The molecule has 0 saturated heterocycles. The molecule has 1 aliphatic rings. The fourth-order valence-electron chi connectivity index (χ4n) is 2.73. The highest BCUT2D eigenvalue weighted by Crippen LogP contribution is 2.42. The lowest BCUT2D eigenvalue weighted by molar-refractivity contribution is 0.0969. The Morgan fingerprint density at radius 1 is 1.27 bits per heavy atom. The first kappa shape index (κ1) is 16.7. The first-order valence-corrected chi connectivity index (χ1v) is 9.14. The lowest BCUT2D eigenvalue weighted by Crippen LogP contribution is -2.20. The Morgan fingerprint density at radius 3 is 2.81 bits per heavy atom. The number of benzene rings is 1. The molecule has 132 valence electrons. The summed E-state index contributed by atoms with van der Waals surface area (Å²) in [6.07, 6.45) is 6.15. The minimum atomic E-state index is -0.114. The van der Waals surface area contributed by atoms with Crippen LogP contribution < -0.4 is 10.2 Å². The number of fused-ring (bicyclic) bond motifs is 1. The van der Waals surface area contributed by atoms with Crippen molar-refractivity contribution in [2.45, 2.75) is 11.7 Å². The predicted octanol–water partition coefficient (Wildman–Crippen LogP) is 3.74. The van der Waals surface area contributed by atoms with Gasteiger partial charge >= 0.3 is 0 Å². The number of pyridine rings is 1. The Balaban J connectivity index is 1.41. The molecular weight excluding hydrogens is 348 g/mol. The fraction of sp³-hybridized carbons (Fsp3) is 0.211. The van der Waals surface area contributed by atoms with E-state index < -0.39 is 0 Å². The Labute approximate surface area is 155 Å². The SMILES string of the molecule is CN(C)c1ccc(C(=O)NC2=CCC(c3nc4cnccc4o3)S2)cc1. The zero-order valence-corrected chi connectivity index (χ0v) is 15.3. The highest BCUT2D eigenvalue weighted by Gasteiger charge is 2.25. The molecule has 6 nitrogen and oxygen atoms in total. The van der Waals surface area contributed by atoms with E-state index in [9.17, 15) is 4.79 Å².